The molecule has 19 heavy (non-hydrogen) atoms. The zero-order valence-corrected chi connectivity index (χ0v) is 10.2. The van der Waals surface area contributed by atoms with Gasteiger partial charge in [-0.3, -0.25) is 14.9 Å². The Morgan fingerprint density at radius 3 is 3.00 bits per heavy atom. The lowest BCUT2D eigenvalue weighted by Crippen LogP contribution is -2.22. The van der Waals surface area contributed by atoms with E-state index in [1.165, 1.54) is 0 Å². The summed E-state index contributed by atoms with van der Waals surface area (Å²) < 4.78 is 5.92. The molecule has 0 aliphatic carbocycles. The molecule has 0 aliphatic heterocycles. The quantitative estimate of drug-likeness (QED) is 0.489. The Hall–Kier alpha value is -2.70. The first kappa shape index (κ1) is 12.7. The lowest BCUT2D eigenvalue weighted by molar-refractivity contribution is -0.105. The summed E-state index contributed by atoms with van der Waals surface area (Å²) >= 11 is 0. The van der Waals surface area contributed by atoms with Crippen molar-refractivity contribution in [1.29, 1.82) is 0 Å². The maximum Gasteiger partial charge on any atom is 0.283 e. The Labute approximate surface area is 108 Å². The second kappa shape index (κ2) is 5.76. The summed E-state index contributed by atoms with van der Waals surface area (Å²) in [6, 6.07) is 6.81. The maximum absolute atomic E-state index is 12.2. The molecule has 0 bridgehead atoms. The second-order valence-electron chi connectivity index (χ2n) is 3.51. The summed E-state index contributed by atoms with van der Waals surface area (Å²) in [5.74, 6) is 0.0367. The summed E-state index contributed by atoms with van der Waals surface area (Å²) in [6.45, 7) is 2.22. The Balaban J connectivity index is 2.63. The lowest BCUT2D eigenvalue weighted by Gasteiger charge is -2.06. The second-order valence-corrected chi connectivity index (χ2v) is 3.51. The Morgan fingerprint density at radius 1 is 1.47 bits per heavy atom. The molecule has 7 heteroatoms. The van der Waals surface area contributed by atoms with E-state index in [0.717, 1.165) is 11.1 Å². The van der Waals surface area contributed by atoms with E-state index in [2.05, 4.69) is 15.4 Å². The number of para-hydroxylation sites is 1. The van der Waals surface area contributed by atoms with Gasteiger partial charge in [0.25, 0.3) is 5.56 Å². The summed E-state index contributed by atoms with van der Waals surface area (Å²) in [7, 11) is 0. The first-order valence-corrected chi connectivity index (χ1v) is 5.64. The Bertz CT molecular complexity index is 678. The van der Waals surface area contributed by atoms with Crippen molar-refractivity contribution in [3.8, 4) is 0 Å². The third-order valence-corrected chi connectivity index (χ3v) is 2.35. The molecule has 1 amide bonds. The highest BCUT2D eigenvalue weighted by Gasteiger charge is 2.09. The fraction of sp³-hybridized carbons (Fsp3) is 0.167. The highest BCUT2D eigenvalue weighted by molar-refractivity contribution is 5.80. The van der Waals surface area contributed by atoms with Crippen molar-refractivity contribution >= 4 is 29.7 Å². The van der Waals surface area contributed by atoms with Gasteiger partial charge in [0.15, 0.2) is 6.40 Å². The molecule has 0 atom stereocenters. The first-order chi connectivity index (χ1) is 9.27. The summed E-state index contributed by atoms with van der Waals surface area (Å²) in [5.41, 5.74) is 0.102. The third kappa shape index (κ3) is 2.59. The molecule has 0 unspecified atom stereocenters. The minimum atomic E-state index is -0.383. The molecule has 7 nitrogen and oxygen atoms in total. The van der Waals surface area contributed by atoms with Crippen molar-refractivity contribution in [1.82, 2.24) is 9.66 Å². The summed E-state index contributed by atoms with van der Waals surface area (Å²) in [4.78, 5) is 26.9. The monoisotopic (exact) mass is 260 g/mol. The van der Waals surface area contributed by atoms with Crippen LogP contribution in [0.25, 0.3) is 10.9 Å². The number of carbonyl (C=O) groups excluding carboxylic acids is 1. The van der Waals surface area contributed by atoms with Crippen LogP contribution in [0.2, 0.25) is 0 Å². The van der Waals surface area contributed by atoms with E-state index in [0.29, 0.717) is 23.9 Å². The fourth-order valence-corrected chi connectivity index (χ4v) is 1.53. The van der Waals surface area contributed by atoms with E-state index < -0.39 is 0 Å². The van der Waals surface area contributed by atoms with Crippen LogP contribution in [0.3, 0.4) is 0 Å². The molecule has 98 valence electrons. The first-order valence-electron chi connectivity index (χ1n) is 5.64. The van der Waals surface area contributed by atoms with E-state index >= 15 is 0 Å². The van der Waals surface area contributed by atoms with Crippen molar-refractivity contribution in [2.45, 2.75) is 6.92 Å². The number of amides is 1. The van der Waals surface area contributed by atoms with Gasteiger partial charge in [0, 0.05) is 0 Å². The maximum atomic E-state index is 12.2. The van der Waals surface area contributed by atoms with Crippen molar-refractivity contribution in [3.05, 3.63) is 34.6 Å². The van der Waals surface area contributed by atoms with Crippen molar-refractivity contribution in [2.75, 3.05) is 11.9 Å². The standard InChI is InChI=1S/C12H12N4O3/c1-2-19-8-14-16-11(18)9-5-3-4-6-10(9)15-12(16)13-7-17/h3-8H,2H2,1H3,(H,13,15,17)/b14-8+. The van der Waals surface area contributed by atoms with Crippen molar-refractivity contribution in [2.24, 2.45) is 5.10 Å². The van der Waals surface area contributed by atoms with Gasteiger partial charge in [-0.15, -0.1) is 5.10 Å². The smallest absolute Gasteiger partial charge is 0.283 e. The largest absolute Gasteiger partial charge is 0.482 e. The SMILES string of the molecule is CCO/C=N/n1c(NC=O)nc2ccccc2c1=O. The molecule has 1 aromatic heterocycles. The number of aromatic nitrogens is 2. The number of fused-ring (bicyclic) bond motifs is 1. The lowest BCUT2D eigenvalue weighted by atomic mass is 10.2. The molecule has 1 N–H and O–H groups in total. The number of nitrogens with zero attached hydrogens (tertiary/aromatic N) is 3. The molecule has 2 rings (SSSR count). The van der Waals surface area contributed by atoms with E-state index in [1.807, 2.05) is 0 Å². The van der Waals surface area contributed by atoms with E-state index in [1.54, 1.807) is 31.2 Å². The number of carbonyl (C=O) groups is 1. The van der Waals surface area contributed by atoms with Gasteiger partial charge in [-0.1, -0.05) is 12.1 Å². The molecule has 1 aromatic carbocycles. The van der Waals surface area contributed by atoms with Crippen LogP contribution in [-0.2, 0) is 9.53 Å². The molecule has 0 fully saturated rings. The highest BCUT2D eigenvalue weighted by Crippen LogP contribution is 2.10. The minimum Gasteiger partial charge on any atom is -0.482 e. The Morgan fingerprint density at radius 2 is 2.26 bits per heavy atom. The van der Waals surface area contributed by atoms with Gasteiger partial charge in [-0.05, 0) is 19.1 Å². The van der Waals surface area contributed by atoms with E-state index in [-0.39, 0.29) is 11.5 Å². The number of nitrogens with one attached hydrogen (secondary N) is 1. The molecule has 1 heterocycles. The topological polar surface area (TPSA) is 85.6 Å². The van der Waals surface area contributed by atoms with Crippen LogP contribution in [0, 0.1) is 0 Å². The molecular weight excluding hydrogens is 248 g/mol. The van der Waals surface area contributed by atoms with E-state index in [9.17, 15) is 9.59 Å². The number of ether oxygens (including phenoxy) is 1. The van der Waals surface area contributed by atoms with Gasteiger partial charge in [0.2, 0.25) is 12.4 Å². The average molecular weight is 260 g/mol. The summed E-state index contributed by atoms with van der Waals surface area (Å²) in [6.07, 6.45) is 1.57. The summed E-state index contributed by atoms with van der Waals surface area (Å²) in [5, 5.41) is 6.59. The average Bonchev–Trinajstić information content (AvgIpc) is 2.43. The number of hydrogen-bond acceptors (Lipinski definition) is 5. The molecule has 0 radical (unpaired) electrons. The van der Waals surface area contributed by atoms with Gasteiger partial charge >= 0.3 is 0 Å². The van der Waals surface area contributed by atoms with Gasteiger partial charge in [-0.25, -0.2) is 4.98 Å². The zero-order chi connectivity index (χ0) is 13.7. The number of anilines is 1. The third-order valence-electron chi connectivity index (χ3n) is 2.35. The molecule has 0 spiro atoms. The van der Waals surface area contributed by atoms with E-state index in [4.69, 9.17) is 4.74 Å². The van der Waals surface area contributed by atoms with Gasteiger partial charge < -0.3 is 4.74 Å². The van der Waals surface area contributed by atoms with Crippen LogP contribution in [-0.4, -0.2) is 29.1 Å². The van der Waals surface area contributed by atoms with Gasteiger partial charge in [0.05, 0.1) is 17.5 Å². The number of rotatable bonds is 5. The highest BCUT2D eigenvalue weighted by atomic mass is 16.5. The van der Waals surface area contributed by atoms with Crippen LogP contribution in [0.1, 0.15) is 6.92 Å². The molecule has 0 saturated heterocycles. The predicted molar refractivity (Wildman–Crippen MR) is 71.2 cm³/mol. The van der Waals surface area contributed by atoms with Gasteiger partial charge in [0.1, 0.15) is 0 Å². The fourth-order valence-electron chi connectivity index (χ4n) is 1.53. The van der Waals surface area contributed by atoms with Crippen LogP contribution in [0.5, 0.6) is 0 Å². The van der Waals surface area contributed by atoms with Crippen molar-refractivity contribution < 1.29 is 9.53 Å². The minimum absolute atomic E-state index is 0.0367. The van der Waals surface area contributed by atoms with Crippen LogP contribution in [0.15, 0.2) is 34.2 Å². The van der Waals surface area contributed by atoms with Crippen LogP contribution >= 0.6 is 0 Å². The molecular formula is C12H12N4O3. The molecule has 2 aromatic rings. The van der Waals surface area contributed by atoms with Crippen LogP contribution < -0.4 is 10.9 Å². The normalized spacial score (nSPS) is 10.8. The van der Waals surface area contributed by atoms with Crippen molar-refractivity contribution in [3.63, 3.8) is 0 Å². The number of hydrogen-bond donors (Lipinski definition) is 1. The predicted octanol–water partition coefficient (Wildman–Crippen LogP) is 0.793. The zero-order valence-electron chi connectivity index (χ0n) is 10.2. The molecule has 0 aliphatic rings. The Kier molecular flexibility index (Phi) is 3.87. The van der Waals surface area contributed by atoms with Gasteiger partial charge in [-0.2, -0.15) is 4.68 Å². The van der Waals surface area contributed by atoms with Crippen LogP contribution in [0.4, 0.5) is 5.95 Å². The number of benzene rings is 1. The molecule has 0 saturated carbocycles.